The molecule has 0 bridgehead atoms. The fraction of sp³-hybridized carbons (Fsp3) is 0.593. The largest absolute Gasteiger partial charge is 0.466 e. The zero-order chi connectivity index (χ0) is 23.3. The van der Waals surface area contributed by atoms with Crippen LogP contribution in [0.3, 0.4) is 0 Å². The molecule has 4 rings (SSSR count). The van der Waals surface area contributed by atoms with Gasteiger partial charge in [-0.2, -0.15) is 0 Å². The third kappa shape index (κ3) is 5.44. The number of nitrogens with zero attached hydrogens (tertiary/aromatic N) is 2. The molecule has 180 valence electrons. The van der Waals surface area contributed by atoms with Gasteiger partial charge in [0.15, 0.2) is 6.10 Å². The lowest BCUT2D eigenvalue weighted by Gasteiger charge is -2.35. The van der Waals surface area contributed by atoms with Crippen molar-refractivity contribution in [2.45, 2.75) is 56.7 Å². The Morgan fingerprint density at radius 1 is 1.15 bits per heavy atom. The van der Waals surface area contributed by atoms with Gasteiger partial charge in [-0.1, -0.05) is 37.5 Å². The average Bonchev–Trinajstić information content (AvgIpc) is 3.50. The molecular formula is C27H39N2O4+. The molecule has 1 aromatic heterocycles. The first-order valence-corrected chi connectivity index (χ1v) is 12.5. The van der Waals surface area contributed by atoms with Gasteiger partial charge in [0.1, 0.15) is 12.3 Å². The van der Waals surface area contributed by atoms with Gasteiger partial charge in [0, 0.05) is 38.0 Å². The number of rotatable bonds is 9. The Hall–Kier alpha value is -2.31. The Morgan fingerprint density at radius 2 is 1.91 bits per heavy atom. The number of quaternary nitrogens is 1. The maximum atomic E-state index is 13.3. The van der Waals surface area contributed by atoms with Crippen molar-refractivity contribution in [3.63, 3.8) is 0 Å². The van der Waals surface area contributed by atoms with Crippen LogP contribution in [0.25, 0.3) is 0 Å². The molecule has 1 aliphatic carbocycles. The maximum absolute atomic E-state index is 13.3. The van der Waals surface area contributed by atoms with Gasteiger partial charge in [-0.05, 0) is 37.1 Å². The third-order valence-corrected chi connectivity index (χ3v) is 7.70. The van der Waals surface area contributed by atoms with Crippen LogP contribution in [0.1, 0.15) is 50.7 Å². The number of esters is 1. The molecule has 6 heteroatoms. The minimum atomic E-state index is -1.69. The molecule has 2 heterocycles. The van der Waals surface area contributed by atoms with Crippen LogP contribution in [0.15, 0.2) is 53.1 Å². The van der Waals surface area contributed by atoms with E-state index in [0.717, 1.165) is 75.6 Å². The van der Waals surface area contributed by atoms with E-state index < -0.39 is 11.6 Å². The number of likely N-dealkylation sites (N-methyl/N-ethyl adjacent to an activating group) is 1. The topological polar surface area (TPSA) is 62.9 Å². The summed E-state index contributed by atoms with van der Waals surface area (Å²) in [5.74, 6) is -0.370. The molecule has 1 saturated heterocycles. The van der Waals surface area contributed by atoms with Crippen LogP contribution in [-0.4, -0.2) is 61.9 Å². The van der Waals surface area contributed by atoms with Gasteiger partial charge < -0.3 is 23.6 Å². The molecule has 33 heavy (non-hydrogen) atoms. The predicted octanol–water partition coefficient (Wildman–Crippen LogP) is 4.34. The molecule has 2 aromatic rings. The van der Waals surface area contributed by atoms with E-state index in [-0.39, 0.29) is 12.0 Å². The maximum Gasteiger partial charge on any atom is 0.346 e. The summed E-state index contributed by atoms with van der Waals surface area (Å²) in [5.41, 5.74) is -0.456. The van der Waals surface area contributed by atoms with Gasteiger partial charge in [0.25, 0.3) is 0 Å². The van der Waals surface area contributed by atoms with E-state index in [1.54, 1.807) is 12.1 Å². The van der Waals surface area contributed by atoms with Crippen molar-refractivity contribution in [3.05, 3.63) is 54.5 Å². The number of likely N-dealkylation sites (tertiary alicyclic amines) is 1. The van der Waals surface area contributed by atoms with Gasteiger partial charge in [-0.3, -0.25) is 0 Å². The number of hydrogen-bond donors (Lipinski definition) is 1. The van der Waals surface area contributed by atoms with Crippen molar-refractivity contribution >= 4 is 11.7 Å². The highest BCUT2D eigenvalue weighted by Gasteiger charge is 2.51. The van der Waals surface area contributed by atoms with E-state index in [2.05, 4.69) is 43.3 Å². The highest BCUT2D eigenvalue weighted by molar-refractivity contribution is 5.81. The van der Waals surface area contributed by atoms with E-state index in [0.29, 0.717) is 5.76 Å². The Bertz CT molecular complexity index is 881. The van der Waals surface area contributed by atoms with E-state index in [4.69, 9.17) is 9.15 Å². The number of furan rings is 1. The molecule has 0 spiro atoms. The van der Waals surface area contributed by atoms with E-state index >= 15 is 0 Å². The first-order valence-electron chi connectivity index (χ1n) is 12.5. The summed E-state index contributed by atoms with van der Waals surface area (Å²) in [7, 11) is 4.38. The zero-order valence-electron chi connectivity index (χ0n) is 20.1. The van der Waals surface area contributed by atoms with Crippen molar-refractivity contribution in [3.8, 4) is 0 Å². The van der Waals surface area contributed by atoms with Crippen LogP contribution >= 0.6 is 0 Å². The van der Waals surface area contributed by atoms with E-state index in [1.165, 1.54) is 12.0 Å². The quantitative estimate of drug-likeness (QED) is 0.450. The molecule has 0 amide bonds. The number of aliphatic hydroxyl groups is 1. The molecule has 3 atom stereocenters. The number of anilines is 1. The van der Waals surface area contributed by atoms with Crippen LogP contribution in [0.2, 0.25) is 0 Å². The molecule has 6 nitrogen and oxygen atoms in total. The number of carbonyl (C=O) groups is 1. The Labute approximate surface area is 197 Å². The summed E-state index contributed by atoms with van der Waals surface area (Å²) in [6.45, 7) is 3.80. The Kier molecular flexibility index (Phi) is 7.45. The van der Waals surface area contributed by atoms with Crippen LogP contribution in [-0.2, 0) is 15.1 Å². The van der Waals surface area contributed by atoms with Crippen molar-refractivity contribution in [1.29, 1.82) is 0 Å². The zero-order valence-corrected chi connectivity index (χ0v) is 20.1. The second-order valence-corrected chi connectivity index (χ2v) is 10.3. The second kappa shape index (κ2) is 10.3. The van der Waals surface area contributed by atoms with Gasteiger partial charge in [0.05, 0.1) is 26.4 Å². The van der Waals surface area contributed by atoms with Crippen LogP contribution in [0, 0.1) is 5.92 Å². The molecule has 1 N–H and O–H groups in total. The smallest absolute Gasteiger partial charge is 0.346 e. The van der Waals surface area contributed by atoms with Gasteiger partial charge in [-0.15, -0.1) is 0 Å². The molecule has 1 aromatic carbocycles. The molecule has 3 unspecified atom stereocenters. The molecule has 0 radical (unpaired) electrons. The fourth-order valence-corrected chi connectivity index (χ4v) is 5.66. The van der Waals surface area contributed by atoms with Crippen LogP contribution in [0.4, 0.5) is 5.69 Å². The normalized spacial score (nSPS) is 25.5. The highest BCUT2D eigenvalue weighted by Crippen LogP contribution is 2.41. The summed E-state index contributed by atoms with van der Waals surface area (Å²) in [5, 5.41) is 11.6. The molecule has 1 aliphatic heterocycles. The van der Waals surface area contributed by atoms with Crippen LogP contribution in [0.5, 0.6) is 0 Å². The van der Waals surface area contributed by atoms with Crippen molar-refractivity contribution in [1.82, 2.24) is 0 Å². The van der Waals surface area contributed by atoms with Crippen molar-refractivity contribution < 1.29 is 23.5 Å². The number of hydrogen-bond acceptors (Lipinski definition) is 5. The lowest BCUT2D eigenvalue weighted by Crippen LogP contribution is -2.48. The summed E-state index contributed by atoms with van der Waals surface area (Å²) >= 11 is 0. The Morgan fingerprint density at radius 3 is 2.61 bits per heavy atom. The van der Waals surface area contributed by atoms with Crippen LogP contribution < -0.4 is 4.90 Å². The summed E-state index contributed by atoms with van der Waals surface area (Å²) in [6.07, 6.45) is 8.09. The van der Waals surface area contributed by atoms with E-state index in [1.807, 2.05) is 6.07 Å². The lowest BCUT2D eigenvalue weighted by molar-refractivity contribution is -0.898. The number of para-hydroxylation sites is 1. The fourth-order valence-electron chi connectivity index (χ4n) is 5.66. The van der Waals surface area contributed by atoms with Gasteiger partial charge >= 0.3 is 5.97 Å². The standard InChI is InChI=1S/C27H39N2O4/c1-28(23-13-7-4-8-14-23)17-10-18-29(2)19-16-24(21-29)33-26(30)27(31,25-15-9-20-32-25)22-11-5-3-6-12-22/h4,7-9,13-15,20,22,24,31H,3,5-6,10-12,16-19,21H2,1-2H3/q+1. The number of carbonyl (C=O) groups excluding carboxylic acids is 1. The average molecular weight is 456 g/mol. The highest BCUT2D eigenvalue weighted by atomic mass is 16.6. The lowest BCUT2D eigenvalue weighted by atomic mass is 9.75. The SMILES string of the molecule is CN(CCC[N+]1(C)CCC(OC(=O)C(O)(c2ccco2)C2CCCCC2)C1)c1ccccc1. The molecule has 2 fully saturated rings. The van der Waals surface area contributed by atoms with Crippen molar-refractivity contribution in [2.75, 3.05) is 45.2 Å². The number of benzene rings is 1. The second-order valence-electron chi connectivity index (χ2n) is 10.3. The molecule has 1 saturated carbocycles. The molecule has 2 aliphatic rings. The van der Waals surface area contributed by atoms with Gasteiger partial charge in [0.2, 0.25) is 5.60 Å². The summed E-state index contributed by atoms with van der Waals surface area (Å²) in [4.78, 5) is 15.6. The summed E-state index contributed by atoms with van der Waals surface area (Å²) < 4.78 is 12.4. The first-order chi connectivity index (χ1) is 15.9. The third-order valence-electron chi connectivity index (χ3n) is 7.70. The first kappa shape index (κ1) is 23.8. The monoisotopic (exact) mass is 455 g/mol. The van der Waals surface area contributed by atoms with Gasteiger partial charge in [-0.25, -0.2) is 4.79 Å². The summed E-state index contributed by atoms with van der Waals surface area (Å²) in [6, 6.07) is 13.9. The number of ether oxygens (including phenoxy) is 1. The molecular weight excluding hydrogens is 416 g/mol. The Balaban J connectivity index is 1.33. The van der Waals surface area contributed by atoms with Crippen molar-refractivity contribution in [2.24, 2.45) is 5.92 Å². The minimum absolute atomic E-state index is 0.152. The van der Waals surface area contributed by atoms with E-state index in [9.17, 15) is 9.90 Å². The predicted molar refractivity (Wildman–Crippen MR) is 129 cm³/mol. The minimum Gasteiger partial charge on any atom is -0.466 e.